The Kier molecular flexibility index (Phi) is 3.50. The van der Waals surface area contributed by atoms with Crippen molar-refractivity contribution in [2.24, 2.45) is 0 Å². The van der Waals surface area contributed by atoms with Crippen LogP contribution in [0.3, 0.4) is 0 Å². The summed E-state index contributed by atoms with van der Waals surface area (Å²) in [6.45, 7) is 3.16. The molecule has 16 heavy (non-hydrogen) atoms. The Morgan fingerprint density at radius 1 is 1.81 bits per heavy atom. The molecule has 0 bridgehead atoms. The zero-order valence-corrected chi connectivity index (χ0v) is 9.87. The maximum Gasteiger partial charge on any atom is 0.321 e. The first kappa shape index (κ1) is 11.5. The molecular weight excluding hydrogens is 228 g/mol. The molecule has 2 heterocycles. The fraction of sp³-hybridized carbons (Fsp3) is 0.600. The molecule has 1 saturated heterocycles. The van der Waals surface area contributed by atoms with Crippen molar-refractivity contribution in [1.29, 1.82) is 0 Å². The Hall–Kier alpha value is -1.01. The smallest absolute Gasteiger partial charge is 0.321 e. The van der Waals surface area contributed by atoms with Gasteiger partial charge in [0, 0.05) is 24.1 Å². The number of hydrogen-bond donors (Lipinski definition) is 1. The van der Waals surface area contributed by atoms with E-state index in [1.807, 2.05) is 17.9 Å². The van der Waals surface area contributed by atoms with Crippen molar-refractivity contribution in [3.8, 4) is 0 Å². The minimum atomic E-state index is -0.761. The second-order valence-corrected chi connectivity index (χ2v) is 4.98. The van der Waals surface area contributed by atoms with Crippen LogP contribution in [0.25, 0.3) is 0 Å². The second-order valence-electron chi connectivity index (χ2n) is 3.83. The first-order valence-corrected chi connectivity index (χ1v) is 6.29. The van der Waals surface area contributed by atoms with Crippen molar-refractivity contribution >= 4 is 17.7 Å². The van der Waals surface area contributed by atoms with Crippen LogP contribution in [0.1, 0.15) is 11.5 Å². The SMILES string of the molecule is Cc1cc(CN2CCSCC2C(=O)O)on1. The summed E-state index contributed by atoms with van der Waals surface area (Å²) in [5.41, 5.74) is 0.827. The van der Waals surface area contributed by atoms with Crippen molar-refractivity contribution in [2.75, 3.05) is 18.1 Å². The number of nitrogens with zero attached hydrogens (tertiary/aromatic N) is 2. The standard InChI is InChI=1S/C10H14N2O3S/c1-7-4-8(15-11-7)5-12-2-3-16-6-9(12)10(13)14/h4,9H,2-3,5-6H2,1H3,(H,13,14). The maximum absolute atomic E-state index is 11.1. The Morgan fingerprint density at radius 2 is 2.62 bits per heavy atom. The van der Waals surface area contributed by atoms with Crippen molar-refractivity contribution in [1.82, 2.24) is 10.1 Å². The number of rotatable bonds is 3. The summed E-state index contributed by atoms with van der Waals surface area (Å²) in [4.78, 5) is 13.0. The Balaban J connectivity index is 2.03. The molecule has 0 aliphatic carbocycles. The van der Waals surface area contributed by atoms with E-state index in [2.05, 4.69) is 5.16 Å². The molecule has 0 saturated carbocycles. The van der Waals surface area contributed by atoms with Crippen LogP contribution in [-0.4, -0.2) is 45.2 Å². The summed E-state index contributed by atoms with van der Waals surface area (Å²) in [7, 11) is 0. The van der Waals surface area contributed by atoms with Crippen LogP contribution in [0.4, 0.5) is 0 Å². The highest BCUT2D eigenvalue weighted by atomic mass is 32.2. The third kappa shape index (κ3) is 2.56. The number of aromatic nitrogens is 1. The number of carbonyl (C=O) groups is 1. The predicted molar refractivity (Wildman–Crippen MR) is 60.4 cm³/mol. The van der Waals surface area contributed by atoms with E-state index in [-0.39, 0.29) is 0 Å². The molecule has 0 aromatic carbocycles. The van der Waals surface area contributed by atoms with E-state index < -0.39 is 12.0 Å². The Labute approximate surface area is 97.8 Å². The van der Waals surface area contributed by atoms with Crippen LogP contribution in [0.2, 0.25) is 0 Å². The molecule has 88 valence electrons. The highest BCUT2D eigenvalue weighted by Crippen LogP contribution is 2.19. The van der Waals surface area contributed by atoms with Crippen LogP contribution in [0.15, 0.2) is 10.6 Å². The van der Waals surface area contributed by atoms with E-state index in [1.165, 1.54) is 0 Å². The van der Waals surface area contributed by atoms with Gasteiger partial charge in [-0.25, -0.2) is 0 Å². The lowest BCUT2D eigenvalue weighted by Gasteiger charge is -2.31. The molecule has 1 aromatic rings. The summed E-state index contributed by atoms with van der Waals surface area (Å²) in [5.74, 6) is 1.58. The molecule has 1 atom stereocenters. The first-order valence-electron chi connectivity index (χ1n) is 5.13. The van der Waals surface area contributed by atoms with Gasteiger partial charge in [-0.1, -0.05) is 5.16 Å². The lowest BCUT2D eigenvalue weighted by molar-refractivity contribution is -0.142. The molecule has 1 aromatic heterocycles. The van der Waals surface area contributed by atoms with Gasteiger partial charge in [-0.2, -0.15) is 11.8 Å². The van der Waals surface area contributed by atoms with Crippen LogP contribution in [0.5, 0.6) is 0 Å². The lowest BCUT2D eigenvalue weighted by Crippen LogP contribution is -2.46. The van der Waals surface area contributed by atoms with Crippen LogP contribution >= 0.6 is 11.8 Å². The topological polar surface area (TPSA) is 66.6 Å². The maximum atomic E-state index is 11.1. The normalized spacial score (nSPS) is 22.2. The summed E-state index contributed by atoms with van der Waals surface area (Å²) in [6, 6.07) is 1.44. The van der Waals surface area contributed by atoms with E-state index in [0.717, 1.165) is 23.8 Å². The lowest BCUT2D eigenvalue weighted by atomic mass is 10.2. The van der Waals surface area contributed by atoms with Gasteiger partial charge < -0.3 is 9.63 Å². The molecule has 1 fully saturated rings. The zero-order valence-electron chi connectivity index (χ0n) is 9.05. The van der Waals surface area contributed by atoms with Crippen LogP contribution in [0, 0.1) is 6.92 Å². The minimum Gasteiger partial charge on any atom is -0.480 e. The van der Waals surface area contributed by atoms with Crippen molar-refractivity contribution < 1.29 is 14.4 Å². The third-order valence-corrected chi connectivity index (χ3v) is 3.58. The first-order chi connectivity index (χ1) is 7.66. The van der Waals surface area contributed by atoms with Crippen LogP contribution in [-0.2, 0) is 11.3 Å². The highest BCUT2D eigenvalue weighted by Gasteiger charge is 2.29. The summed E-state index contributed by atoms with van der Waals surface area (Å²) in [6.07, 6.45) is 0. The molecule has 0 amide bonds. The van der Waals surface area contributed by atoms with Crippen molar-refractivity contribution in [3.63, 3.8) is 0 Å². The summed E-state index contributed by atoms with van der Waals surface area (Å²) in [5, 5.41) is 12.9. The van der Waals surface area contributed by atoms with Gasteiger partial charge in [-0.05, 0) is 6.92 Å². The molecule has 0 radical (unpaired) electrons. The summed E-state index contributed by atoms with van der Waals surface area (Å²) < 4.78 is 5.10. The Morgan fingerprint density at radius 3 is 3.25 bits per heavy atom. The number of carboxylic acid groups (broad SMARTS) is 1. The molecule has 1 N–H and O–H groups in total. The molecule has 5 nitrogen and oxygen atoms in total. The molecule has 0 spiro atoms. The zero-order chi connectivity index (χ0) is 11.5. The molecule has 1 aliphatic rings. The number of carboxylic acids is 1. The quantitative estimate of drug-likeness (QED) is 0.852. The second kappa shape index (κ2) is 4.88. The van der Waals surface area contributed by atoms with Gasteiger partial charge in [0.2, 0.25) is 0 Å². The van der Waals surface area contributed by atoms with E-state index in [0.29, 0.717) is 12.3 Å². The average molecular weight is 242 g/mol. The van der Waals surface area contributed by atoms with Gasteiger partial charge in [0.1, 0.15) is 6.04 Å². The van der Waals surface area contributed by atoms with Gasteiger partial charge in [0.25, 0.3) is 0 Å². The molecule has 6 heteroatoms. The van der Waals surface area contributed by atoms with E-state index in [9.17, 15) is 4.79 Å². The van der Waals surface area contributed by atoms with E-state index >= 15 is 0 Å². The van der Waals surface area contributed by atoms with E-state index in [4.69, 9.17) is 9.63 Å². The van der Waals surface area contributed by atoms with Gasteiger partial charge in [-0.3, -0.25) is 9.69 Å². The third-order valence-electron chi connectivity index (χ3n) is 2.56. The molecular formula is C10H14N2O3S. The van der Waals surface area contributed by atoms with Gasteiger partial charge in [0.05, 0.1) is 12.2 Å². The summed E-state index contributed by atoms with van der Waals surface area (Å²) >= 11 is 1.68. The molecule has 1 aliphatic heterocycles. The fourth-order valence-corrected chi connectivity index (χ4v) is 2.85. The number of thioether (sulfide) groups is 1. The largest absolute Gasteiger partial charge is 0.480 e. The van der Waals surface area contributed by atoms with Crippen molar-refractivity contribution in [3.05, 3.63) is 17.5 Å². The Bertz CT molecular complexity index is 380. The van der Waals surface area contributed by atoms with E-state index in [1.54, 1.807) is 11.8 Å². The van der Waals surface area contributed by atoms with Crippen LogP contribution < -0.4 is 0 Å². The number of hydrogen-bond acceptors (Lipinski definition) is 5. The average Bonchev–Trinajstić information content (AvgIpc) is 2.64. The van der Waals surface area contributed by atoms with Crippen molar-refractivity contribution in [2.45, 2.75) is 19.5 Å². The van der Waals surface area contributed by atoms with Gasteiger partial charge in [0.15, 0.2) is 5.76 Å². The predicted octanol–water partition coefficient (Wildman–Crippen LogP) is 0.985. The highest BCUT2D eigenvalue weighted by molar-refractivity contribution is 7.99. The monoisotopic (exact) mass is 242 g/mol. The number of aliphatic carboxylic acids is 1. The fourth-order valence-electron chi connectivity index (χ4n) is 1.75. The van der Waals surface area contributed by atoms with Gasteiger partial charge >= 0.3 is 5.97 Å². The molecule has 2 rings (SSSR count). The van der Waals surface area contributed by atoms with Gasteiger partial charge in [-0.15, -0.1) is 0 Å². The molecule has 1 unspecified atom stereocenters. The number of aryl methyl sites for hydroxylation is 1. The minimum absolute atomic E-state index is 0.413.